The van der Waals surface area contributed by atoms with Gasteiger partial charge in [0.1, 0.15) is 5.60 Å². The van der Waals surface area contributed by atoms with Gasteiger partial charge in [-0.25, -0.2) is 5.48 Å². The molecule has 1 aromatic rings. The van der Waals surface area contributed by atoms with Gasteiger partial charge in [0.2, 0.25) is 5.91 Å². The van der Waals surface area contributed by atoms with Crippen LogP contribution in [-0.4, -0.2) is 45.0 Å². The van der Waals surface area contributed by atoms with Crippen LogP contribution in [0.15, 0.2) is 18.2 Å². The molecule has 8 N–H and O–H groups in total. The third-order valence-electron chi connectivity index (χ3n) is 5.16. The molecule has 0 heterocycles. The smallest absolute Gasteiger partial charge is 0.252 e. The Morgan fingerprint density at radius 1 is 1.37 bits per heavy atom. The lowest BCUT2D eigenvalue weighted by Gasteiger charge is -2.30. The molecule has 8 heteroatoms. The van der Waals surface area contributed by atoms with Gasteiger partial charge in [-0.05, 0) is 74.6 Å². The van der Waals surface area contributed by atoms with Crippen molar-refractivity contribution in [3.63, 3.8) is 0 Å². The Bertz CT molecular complexity index is 945. The number of rotatable bonds is 5. The highest BCUT2D eigenvalue weighted by molar-refractivity contribution is 5.97. The van der Waals surface area contributed by atoms with Crippen LogP contribution in [0.3, 0.4) is 0 Å². The SMILES string of the molecule is CC(C)(N)[C@@H](C(=O)NO)c1cc(C#CC#CC2(O)CCC(CO)C2)ccc1C(N)=O. The number of benzene rings is 1. The van der Waals surface area contributed by atoms with Crippen molar-refractivity contribution in [1.29, 1.82) is 0 Å². The number of primary amides is 1. The van der Waals surface area contributed by atoms with E-state index in [1.54, 1.807) is 25.4 Å². The zero-order valence-corrected chi connectivity index (χ0v) is 17.0. The van der Waals surface area contributed by atoms with Gasteiger partial charge in [-0.1, -0.05) is 11.8 Å². The molecule has 2 rings (SSSR count). The summed E-state index contributed by atoms with van der Waals surface area (Å²) in [5.74, 6) is 8.29. The fourth-order valence-electron chi connectivity index (χ4n) is 3.69. The first-order valence-corrected chi connectivity index (χ1v) is 9.53. The molecule has 160 valence electrons. The van der Waals surface area contributed by atoms with E-state index in [1.807, 2.05) is 0 Å². The number of hydroxylamine groups is 1. The molecule has 0 bridgehead atoms. The lowest BCUT2D eigenvalue weighted by molar-refractivity contribution is -0.132. The number of hydrogen-bond donors (Lipinski definition) is 6. The summed E-state index contributed by atoms with van der Waals surface area (Å²) in [5.41, 5.74) is 11.6. The van der Waals surface area contributed by atoms with Crippen LogP contribution < -0.4 is 16.9 Å². The first kappa shape index (κ1) is 23.4. The zero-order chi connectivity index (χ0) is 22.5. The van der Waals surface area contributed by atoms with Gasteiger partial charge in [0.25, 0.3) is 5.91 Å². The number of nitrogens with two attached hydrogens (primary N) is 2. The number of hydrogen-bond acceptors (Lipinski definition) is 6. The Morgan fingerprint density at radius 3 is 2.60 bits per heavy atom. The normalized spacial score (nSPS) is 21.6. The van der Waals surface area contributed by atoms with Crippen LogP contribution in [0, 0.1) is 29.6 Å². The second-order valence-corrected chi connectivity index (χ2v) is 8.22. The van der Waals surface area contributed by atoms with Crippen molar-refractivity contribution < 1.29 is 25.0 Å². The molecule has 8 nitrogen and oxygen atoms in total. The lowest BCUT2D eigenvalue weighted by Crippen LogP contribution is -2.47. The first-order valence-electron chi connectivity index (χ1n) is 9.53. The third-order valence-corrected chi connectivity index (χ3v) is 5.16. The summed E-state index contributed by atoms with van der Waals surface area (Å²) >= 11 is 0. The van der Waals surface area contributed by atoms with Crippen molar-refractivity contribution in [2.24, 2.45) is 17.4 Å². The molecule has 1 aliphatic rings. The molecular formula is C22H27N3O5. The van der Waals surface area contributed by atoms with Crippen LogP contribution in [0.2, 0.25) is 0 Å². The van der Waals surface area contributed by atoms with Gasteiger partial charge in [0.05, 0.1) is 5.92 Å². The summed E-state index contributed by atoms with van der Waals surface area (Å²) < 4.78 is 0. The van der Waals surface area contributed by atoms with Crippen LogP contribution in [0.5, 0.6) is 0 Å². The van der Waals surface area contributed by atoms with Crippen molar-refractivity contribution in [3.05, 3.63) is 34.9 Å². The standard InChI is InChI=1S/C22H27N3O5/c1-21(2,24)18(20(28)25-30)17-11-14(6-7-16(17)19(23)27)5-3-4-9-22(29)10-8-15(12-22)13-26/h6-7,11,15,18,26,29-30H,8,10,12-13,24H2,1-2H3,(H2,23,27)(H,25,28)/t15?,18-,22?/m1/s1. The summed E-state index contributed by atoms with van der Waals surface area (Å²) in [6.07, 6.45) is 1.59. The monoisotopic (exact) mass is 413 g/mol. The molecule has 0 saturated heterocycles. The Balaban J connectivity index is 2.39. The molecule has 2 amide bonds. The molecule has 1 fully saturated rings. The number of carbonyl (C=O) groups is 2. The number of amides is 2. The fraction of sp³-hybridized carbons (Fsp3) is 0.455. The minimum atomic E-state index is -1.16. The Morgan fingerprint density at radius 2 is 2.07 bits per heavy atom. The van der Waals surface area contributed by atoms with E-state index in [1.165, 1.54) is 12.1 Å². The summed E-state index contributed by atoms with van der Waals surface area (Å²) in [6, 6.07) is 4.51. The van der Waals surface area contributed by atoms with Crippen LogP contribution in [0.4, 0.5) is 0 Å². The highest BCUT2D eigenvalue weighted by atomic mass is 16.5. The highest BCUT2D eigenvalue weighted by Gasteiger charge is 2.36. The van der Waals surface area contributed by atoms with Crippen molar-refractivity contribution in [2.75, 3.05) is 6.61 Å². The zero-order valence-electron chi connectivity index (χ0n) is 17.0. The first-order chi connectivity index (χ1) is 14.0. The van der Waals surface area contributed by atoms with E-state index in [-0.39, 0.29) is 23.7 Å². The quantitative estimate of drug-likeness (QED) is 0.226. The van der Waals surface area contributed by atoms with Crippen molar-refractivity contribution >= 4 is 11.8 Å². The summed E-state index contributed by atoms with van der Waals surface area (Å²) in [7, 11) is 0. The third kappa shape index (κ3) is 5.59. The maximum absolute atomic E-state index is 12.2. The number of nitrogens with one attached hydrogen (secondary N) is 1. The molecule has 0 radical (unpaired) electrons. The molecule has 3 atom stereocenters. The van der Waals surface area contributed by atoms with E-state index in [4.69, 9.17) is 16.7 Å². The van der Waals surface area contributed by atoms with E-state index < -0.39 is 28.9 Å². The molecule has 1 aliphatic carbocycles. The predicted molar refractivity (Wildman–Crippen MR) is 110 cm³/mol. The van der Waals surface area contributed by atoms with Crippen LogP contribution in [0.1, 0.15) is 60.5 Å². The summed E-state index contributed by atoms with van der Waals surface area (Å²) in [5, 5.41) is 28.7. The minimum absolute atomic E-state index is 0.0186. The van der Waals surface area contributed by atoms with Crippen LogP contribution >= 0.6 is 0 Å². The van der Waals surface area contributed by atoms with E-state index in [2.05, 4.69) is 23.7 Å². The maximum atomic E-state index is 12.2. The van der Waals surface area contributed by atoms with Gasteiger partial charge in [0, 0.05) is 23.3 Å². The molecular weight excluding hydrogens is 386 g/mol. The van der Waals surface area contributed by atoms with Crippen molar-refractivity contribution in [1.82, 2.24) is 5.48 Å². The van der Waals surface area contributed by atoms with E-state index in [0.717, 1.165) is 0 Å². The van der Waals surface area contributed by atoms with Crippen LogP contribution in [0.25, 0.3) is 0 Å². The second kappa shape index (κ2) is 9.29. The fourth-order valence-corrected chi connectivity index (χ4v) is 3.69. The lowest BCUT2D eigenvalue weighted by atomic mass is 9.79. The summed E-state index contributed by atoms with van der Waals surface area (Å²) in [4.78, 5) is 24.1. The molecule has 30 heavy (non-hydrogen) atoms. The molecule has 1 saturated carbocycles. The van der Waals surface area contributed by atoms with E-state index in [0.29, 0.717) is 24.8 Å². The van der Waals surface area contributed by atoms with Gasteiger partial charge < -0.3 is 21.7 Å². The summed E-state index contributed by atoms with van der Waals surface area (Å²) in [6.45, 7) is 3.19. The predicted octanol–water partition coefficient (Wildman–Crippen LogP) is -0.00980. The molecule has 2 unspecified atom stereocenters. The molecule has 0 spiro atoms. The highest BCUT2D eigenvalue weighted by Crippen LogP contribution is 2.33. The average molecular weight is 413 g/mol. The molecule has 0 aliphatic heterocycles. The Hall–Kier alpha value is -2.88. The molecule has 0 aromatic heterocycles. The number of aliphatic hydroxyl groups is 2. The van der Waals surface area contributed by atoms with Gasteiger partial charge in [-0.3, -0.25) is 14.8 Å². The molecule has 1 aromatic carbocycles. The number of carbonyl (C=O) groups excluding carboxylic acids is 2. The minimum Gasteiger partial charge on any atom is -0.396 e. The van der Waals surface area contributed by atoms with Crippen molar-refractivity contribution in [3.8, 4) is 23.7 Å². The van der Waals surface area contributed by atoms with E-state index in [9.17, 15) is 19.8 Å². The van der Waals surface area contributed by atoms with Gasteiger partial charge in [-0.15, -0.1) is 0 Å². The Kier molecular flexibility index (Phi) is 7.25. The van der Waals surface area contributed by atoms with Crippen molar-refractivity contribution in [2.45, 2.75) is 50.2 Å². The largest absolute Gasteiger partial charge is 0.396 e. The Labute approximate surface area is 175 Å². The van der Waals surface area contributed by atoms with Gasteiger partial charge in [-0.2, -0.15) is 0 Å². The topological polar surface area (TPSA) is 159 Å². The van der Waals surface area contributed by atoms with Gasteiger partial charge >= 0.3 is 0 Å². The van der Waals surface area contributed by atoms with Gasteiger partial charge in [0.15, 0.2) is 0 Å². The van der Waals surface area contributed by atoms with E-state index >= 15 is 0 Å². The average Bonchev–Trinajstić information content (AvgIpc) is 3.05. The second-order valence-electron chi connectivity index (χ2n) is 8.22. The van der Waals surface area contributed by atoms with Crippen LogP contribution in [-0.2, 0) is 4.79 Å². The number of aliphatic hydroxyl groups excluding tert-OH is 1. The maximum Gasteiger partial charge on any atom is 0.252 e.